The summed E-state index contributed by atoms with van der Waals surface area (Å²) in [7, 11) is 2.27. The molecule has 0 spiro atoms. The smallest absolute Gasteiger partial charge is 0.0595 e. The van der Waals surface area contributed by atoms with Gasteiger partial charge in [0.25, 0.3) is 0 Å². The van der Waals surface area contributed by atoms with Crippen molar-refractivity contribution in [2.24, 2.45) is 0 Å². The largest absolute Gasteiger partial charge is 0.300 e. The first kappa shape index (κ1) is 11.8. The summed E-state index contributed by atoms with van der Waals surface area (Å²) in [6.45, 7) is 0. The second-order valence-corrected chi connectivity index (χ2v) is 6.14. The Balaban J connectivity index is 1.90. The van der Waals surface area contributed by atoms with Crippen LogP contribution in [-0.2, 0) is 0 Å². The highest BCUT2D eigenvalue weighted by molar-refractivity contribution is 6.42. The summed E-state index contributed by atoms with van der Waals surface area (Å²) in [5.41, 5.74) is 1.36. The van der Waals surface area contributed by atoms with Gasteiger partial charge < -0.3 is 0 Å². The number of likely N-dealkylation sites (N-methyl/N-ethyl adjacent to an activating group) is 1. The number of piperidine rings is 1. The molecule has 2 fully saturated rings. The molecule has 3 atom stereocenters. The summed E-state index contributed by atoms with van der Waals surface area (Å²) in [4.78, 5) is 2.57. The Morgan fingerprint density at radius 1 is 1.06 bits per heavy atom. The third-order valence-corrected chi connectivity index (χ3v) is 5.28. The van der Waals surface area contributed by atoms with Gasteiger partial charge in [-0.1, -0.05) is 29.3 Å². The minimum atomic E-state index is 0.633. The van der Waals surface area contributed by atoms with Gasteiger partial charge >= 0.3 is 0 Å². The number of hydrogen-bond donors (Lipinski definition) is 0. The minimum absolute atomic E-state index is 0.633. The molecule has 2 aliphatic rings. The summed E-state index contributed by atoms with van der Waals surface area (Å²) in [5.74, 6) is 0.633. The predicted molar refractivity (Wildman–Crippen MR) is 73.0 cm³/mol. The van der Waals surface area contributed by atoms with E-state index in [2.05, 4.69) is 24.1 Å². The molecule has 2 bridgehead atoms. The van der Waals surface area contributed by atoms with Crippen LogP contribution in [0.2, 0.25) is 10.0 Å². The van der Waals surface area contributed by atoms with Crippen LogP contribution in [0.3, 0.4) is 0 Å². The van der Waals surface area contributed by atoms with Crippen molar-refractivity contribution in [2.45, 2.75) is 43.7 Å². The van der Waals surface area contributed by atoms with E-state index in [9.17, 15) is 0 Å². The molecule has 3 rings (SSSR count). The standard InChI is InChI=1S/C14H17Cl2N/c1-17-10-3-5-11(14(17)7-4-10)9-2-6-12(15)13(16)8-9/h2,6,8,10-11,14H,3-5,7H2,1H3/t10?,11-,14-/m1/s1. The third-order valence-electron chi connectivity index (χ3n) is 4.54. The molecule has 0 amide bonds. The molecule has 0 saturated carbocycles. The molecular weight excluding hydrogens is 253 g/mol. The Kier molecular flexibility index (Phi) is 3.10. The zero-order valence-corrected chi connectivity index (χ0v) is 11.5. The van der Waals surface area contributed by atoms with Gasteiger partial charge in [0, 0.05) is 12.1 Å². The van der Waals surface area contributed by atoms with E-state index in [1.165, 1.54) is 31.2 Å². The second kappa shape index (κ2) is 4.46. The Bertz CT molecular complexity index is 432. The fraction of sp³-hybridized carbons (Fsp3) is 0.571. The van der Waals surface area contributed by atoms with Crippen LogP contribution in [0, 0.1) is 0 Å². The number of nitrogens with zero attached hydrogens (tertiary/aromatic N) is 1. The lowest BCUT2D eigenvalue weighted by Crippen LogP contribution is -2.40. The maximum Gasteiger partial charge on any atom is 0.0595 e. The molecule has 1 aromatic rings. The first-order chi connectivity index (χ1) is 8.16. The van der Waals surface area contributed by atoms with Gasteiger partial charge in [0.15, 0.2) is 0 Å². The third kappa shape index (κ3) is 1.99. The first-order valence-electron chi connectivity index (χ1n) is 6.33. The maximum absolute atomic E-state index is 6.13. The topological polar surface area (TPSA) is 3.24 Å². The van der Waals surface area contributed by atoms with Gasteiger partial charge in [-0.3, -0.25) is 4.90 Å². The Labute approximate surface area is 113 Å². The highest BCUT2D eigenvalue weighted by atomic mass is 35.5. The molecule has 0 radical (unpaired) electrons. The van der Waals surface area contributed by atoms with Crippen molar-refractivity contribution in [1.29, 1.82) is 0 Å². The van der Waals surface area contributed by atoms with Gasteiger partial charge in [-0.05, 0) is 56.3 Å². The fourth-order valence-corrected chi connectivity index (χ4v) is 3.88. The van der Waals surface area contributed by atoms with Crippen LogP contribution in [0.4, 0.5) is 0 Å². The van der Waals surface area contributed by atoms with Crippen molar-refractivity contribution < 1.29 is 0 Å². The molecule has 3 heteroatoms. The summed E-state index contributed by atoms with van der Waals surface area (Å²) in [5, 5.41) is 1.34. The lowest BCUT2D eigenvalue weighted by atomic mass is 9.85. The Morgan fingerprint density at radius 3 is 2.59 bits per heavy atom. The van der Waals surface area contributed by atoms with Crippen molar-refractivity contribution in [3.8, 4) is 0 Å². The molecule has 0 N–H and O–H groups in total. The number of rotatable bonds is 1. The van der Waals surface area contributed by atoms with Crippen LogP contribution in [0.25, 0.3) is 0 Å². The predicted octanol–water partition coefficient (Wildman–Crippen LogP) is 4.33. The van der Waals surface area contributed by atoms with Gasteiger partial charge in [0.05, 0.1) is 10.0 Å². The van der Waals surface area contributed by atoms with Gasteiger partial charge in [-0.25, -0.2) is 0 Å². The summed E-state index contributed by atoms with van der Waals surface area (Å²) in [6, 6.07) is 7.65. The van der Waals surface area contributed by atoms with Crippen LogP contribution in [0.1, 0.15) is 37.2 Å². The molecule has 0 aromatic heterocycles. The van der Waals surface area contributed by atoms with Gasteiger partial charge in [0.1, 0.15) is 0 Å². The molecule has 2 heterocycles. The average molecular weight is 270 g/mol. The number of hydrogen-bond acceptors (Lipinski definition) is 1. The van der Waals surface area contributed by atoms with Crippen molar-refractivity contribution >= 4 is 23.2 Å². The number of halogens is 2. The Morgan fingerprint density at radius 2 is 1.82 bits per heavy atom. The van der Waals surface area contributed by atoms with E-state index < -0.39 is 0 Å². The maximum atomic E-state index is 6.13. The highest BCUT2D eigenvalue weighted by Crippen LogP contribution is 2.43. The summed E-state index contributed by atoms with van der Waals surface area (Å²) < 4.78 is 0. The lowest BCUT2D eigenvalue weighted by molar-refractivity contribution is 0.156. The lowest BCUT2D eigenvalue weighted by Gasteiger charge is -2.38. The van der Waals surface area contributed by atoms with Crippen molar-refractivity contribution in [2.75, 3.05) is 7.05 Å². The van der Waals surface area contributed by atoms with Crippen LogP contribution in [0.5, 0.6) is 0 Å². The summed E-state index contributed by atoms with van der Waals surface area (Å²) in [6.07, 6.45) is 5.29. The van der Waals surface area contributed by atoms with E-state index in [0.29, 0.717) is 22.0 Å². The van der Waals surface area contributed by atoms with E-state index in [0.717, 1.165) is 6.04 Å². The average Bonchev–Trinajstić information content (AvgIpc) is 2.56. The molecule has 1 aromatic carbocycles. The molecule has 2 aliphatic heterocycles. The second-order valence-electron chi connectivity index (χ2n) is 5.32. The molecule has 1 nitrogen and oxygen atoms in total. The SMILES string of the molecule is CN1C2CC[C@H](c3ccc(Cl)c(Cl)c3)[C@H]1CC2. The van der Waals surface area contributed by atoms with E-state index in [-0.39, 0.29) is 0 Å². The molecule has 17 heavy (non-hydrogen) atoms. The van der Waals surface area contributed by atoms with E-state index in [1.807, 2.05) is 6.07 Å². The minimum Gasteiger partial charge on any atom is -0.300 e. The van der Waals surface area contributed by atoms with Crippen molar-refractivity contribution in [1.82, 2.24) is 4.90 Å². The van der Waals surface area contributed by atoms with Gasteiger partial charge in [-0.2, -0.15) is 0 Å². The van der Waals surface area contributed by atoms with Crippen molar-refractivity contribution in [3.63, 3.8) is 0 Å². The normalized spacial score (nSPS) is 33.0. The quantitative estimate of drug-likeness (QED) is 0.734. The molecule has 2 saturated heterocycles. The first-order valence-corrected chi connectivity index (χ1v) is 7.09. The van der Waals surface area contributed by atoms with Gasteiger partial charge in [-0.15, -0.1) is 0 Å². The molecular formula is C14H17Cl2N. The van der Waals surface area contributed by atoms with E-state index in [1.54, 1.807) is 0 Å². The van der Waals surface area contributed by atoms with E-state index in [4.69, 9.17) is 23.2 Å². The monoisotopic (exact) mass is 269 g/mol. The Hall–Kier alpha value is -0.240. The van der Waals surface area contributed by atoms with Crippen LogP contribution >= 0.6 is 23.2 Å². The van der Waals surface area contributed by atoms with Crippen LogP contribution in [0.15, 0.2) is 18.2 Å². The number of benzene rings is 1. The van der Waals surface area contributed by atoms with E-state index >= 15 is 0 Å². The highest BCUT2D eigenvalue weighted by Gasteiger charge is 2.40. The molecule has 1 unspecified atom stereocenters. The van der Waals surface area contributed by atoms with Crippen LogP contribution in [-0.4, -0.2) is 24.0 Å². The molecule has 92 valence electrons. The van der Waals surface area contributed by atoms with Crippen molar-refractivity contribution in [3.05, 3.63) is 33.8 Å². The van der Waals surface area contributed by atoms with Gasteiger partial charge in [0.2, 0.25) is 0 Å². The molecule has 0 aliphatic carbocycles. The number of fused-ring (bicyclic) bond motifs is 2. The fourth-order valence-electron chi connectivity index (χ4n) is 3.57. The zero-order valence-electron chi connectivity index (χ0n) is 10.00. The van der Waals surface area contributed by atoms with Crippen LogP contribution < -0.4 is 0 Å². The zero-order chi connectivity index (χ0) is 12.0. The summed E-state index contributed by atoms with van der Waals surface area (Å²) >= 11 is 12.1.